The molecule has 6 heteroatoms. The van der Waals surface area contributed by atoms with Gasteiger partial charge < -0.3 is 10.1 Å². The summed E-state index contributed by atoms with van der Waals surface area (Å²) in [5.41, 5.74) is 0.192. The fourth-order valence-electron chi connectivity index (χ4n) is 1.35. The molecule has 0 radical (unpaired) electrons. The Morgan fingerprint density at radius 2 is 2.25 bits per heavy atom. The van der Waals surface area contributed by atoms with Crippen LogP contribution in [-0.4, -0.2) is 21.0 Å². The fourth-order valence-corrected chi connectivity index (χ4v) is 1.51. The topological polar surface area (TPSA) is 66.0 Å². The Balaban J connectivity index is 2.60. The first kappa shape index (κ1) is 10.7. The number of carboxylic acid groups (broad SMARTS) is 1. The van der Waals surface area contributed by atoms with Crippen LogP contribution in [0.4, 0.5) is 4.39 Å². The van der Waals surface area contributed by atoms with Crippen LogP contribution in [0.1, 0.15) is 10.4 Å². The predicted octanol–water partition coefficient (Wildman–Crippen LogP) is 2.20. The number of carboxylic acids is 1. The van der Waals surface area contributed by atoms with E-state index in [0.717, 1.165) is 6.07 Å². The lowest BCUT2D eigenvalue weighted by molar-refractivity contribution is 0.0697. The molecule has 4 nitrogen and oxygen atoms in total. The van der Waals surface area contributed by atoms with E-state index in [1.807, 2.05) is 0 Å². The SMILES string of the molecule is O=C(O)c1cc(F)ccc1-c1ncc(S)[nH]1. The van der Waals surface area contributed by atoms with Gasteiger partial charge in [-0.3, -0.25) is 0 Å². The standard InChI is InChI=1S/C10H7FN2O2S/c11-5-1-2-6(7(3-5)10(14)15)9-12-4-8(16)13-9/h1-4,16H,(H,12,13)(H,14,15). The summed E-state index contributed by atoms with van der Waals surface area (Å²) < 4.78 is 12.9. The van der Waals surface area contributed by atoms with Crippen molar-refractivity contribution in [3.05, 3.63) is 35.8 Å². The van der Waals surface area contributed by atoms with E-state index in [1.54, 1.807) is 0 Å². The molecule has 16 heavy (non-hydrogen) atoms. The molecule has 0 saturated heterocycles. The molecular weight excluding hydrogens is 231 g/mol. The van der Waals surface area contributed by atoms with Crippen molar-refractivity contribution < 1.29 is 14.3 Å². The summed E-state index contributed by atoms with van der Waals surface area (Å²) in [7, 11) is 0. The number of carbonyl (C=O) groups is 1. The third kappa shape index (κ3) is 1.92. The summed E-state index contributed by atoms with van der Waals surface area (Å²) >= 11 is 4.02. The molecule has 0 aliphatic carbocycles. The zero-order chi connectivity index (χ0) is 11.7. The first-order valence-electron chi connectivity index (χ1n) is 4.35. The number of nitrogens with one attached hydrogen (secondary N) is 1. The van der Waals surface area contributed by atoms with Gasteiger partial charge in [-0.25, -0.2) is 14.2 Å². The number of nitrogens with zero attached hydrogens (tertiary/aromatic N) is 1. The Bertz CT molecular complexity index is 554. The highest BCUT2D eigenvalue weighted by Gasteiger charge is 2.14. The molecule has 1 heterocycles. The molecule has 1 aromatic heterocycles. The van der Waals surface area contributed by atoms with Gasteiger partial charge in [0.25, 0.3) is 0 Å². The van der Waals surface area contributed by atoms with Gasteiger partial charge in [-0.05, 0) is 18.2 Å². The predicted molar refractivity (Wildman–Crippen MR) is 58.2 cm³/mol. The van der Waals surface area contributed by atoms with E-state index in [4.69, 9.17) is 5.11 Å². The summed E-state index contributed by atoms with van der Waals surface area (Å²) in [5.74, 6) is -1.45. The molecule has 2 aromatic rings. The van der Waals surface area contributed by atoms with E-state index in [2.05, 4.69) is 22.6 Å². The highest BCUT2D eigenvalue weighted by atomic mass is 32.1. The zero-order valence-corrected chi connectivity index (χ0v) is 8.83. The van der Waals surface area contributed by atoms with Crippen LogP contribution in [0, 0.1) is 5.82 Å². The maximum atomic E-state index is 12.9. The second-order valence-electron chi connectivity index (χ2n) is 3.11. The second-order valence-corrected chi connectivity index (χ2v) is 3.59. The van der Waals surface area contributed by atoms with Crippen molar-refractivity contribution in [2.24, 2.45) is 0 Å². The second kappa shape index (κ2) is 3.97. The third-order valence-corrected chi connectivity index (χ3v) is 2.26. The number of aromatic amines is 1. The fraction of sp³-hybridized carbons (Fsp3) is 0. The number of halogens is 1. The van der Waals surface area contributed by atoms with Crippen LogP contribution < -0.4 is 0 Å². The van der Waals surface area contributed by atoms with Gasteiger partial charge in [-0.2, -0.15) is 0 Å². The molecule has 0 atom stereocenters. The van der Waals surface area contributed by atoms with Crippen LogP contribution >= 0.6 is 12.6 Å². The number of thiol groups is 1. The van der Waals surface area contributed by atoms with E-state index < -0.39 is 11.8 Å². The summed E-state index contributed by atoms with van der Waals surface area (Å²) in [6.07, 6.45) is 1.45. The Hall–Kier alpha value is -1.82. The third-order valence-electron chi connectivity index (χ3n) is 2.03. The first-order valence-corrected chi connectivity index (χ1v) is 4.80. The van der Waals surface area contributed by atoms with Gasteiger partial charge in [0.05, 0.1) is 16.8 Å². The van der Waals surface area contributed by atoms with Crippen molar-refractivity contribution in [3.8, 4) is 11.4 Å². The minimum atomic E-state index is -1.20. The van der Waals surface area contributed by atoms with Gasteiger partial charge in [0.1, 0.15) is 11.6 Å². The maximum Gasteiger partial charge on any atom is 0.336 e. The number of H-pyrrole nitrogens is 1. The molecule has 0 spiro atoms. The van der Waals surface area contributed by atoms with Gasteiger partial charge in [0, 0.05) is 5.56 Å². The molecule has 0 unspecified atom stereocenters. The van der Waals surface area contributed by atoms with Crippen molar-refractivity contribution in [3.63, 3.8) is 0 Å². The molecule has 0 bridgehead atoms. The summed E-state index contributed by atoms with van der Waals surface area (Å²) in [6.45, 7) is 0. The number of aromatic nitrogens is 2. The normalized spacial score (nSPS) is 10.4. The van der Waals surface area contributed by atoms with Crippen molar-refractivity contribution in [2.45, 2.75) is 5.03 Å². The monoisotopic (exact) mass is 238 g/mol. The van der Waals surface area contributed by atoms with Crippen molar-refractivity contribution in [2.75, 3.05) is 0 Å². The molecule has 0 aliphatic rings. The maximum absolute atomic E-state index is 12.9. The van der Waals surface area contributed by atoms with Gasteiger partial charge in [0.15, 0.2) is 0 Å². The number of hydrogen-bond donors (Lipinski definition) is 3. The minimum absolute atomic E-state index is 0.136. The molecule has 0 amide bonds. The van der Waals surface area contributed by atoms with Crippen molar-refractivity contribution in [1.82, 2.24) is 9.97 Å². The van der Waals surface area contributed by atoms with E-state index in [9.17, 15) is 9.18 Å². The number of imidazole rings is 1. The Morgan fingerprint density at radius 1 is 1.50 bits per heavy atom. The molecule has 82 valence electrons. The van der Waals surface area contributed by atoms with Crippen LogP contribution in [0.15, 0.2) is 29.4 Å². The smallest absolute Gasteiger partial charge is 0.336 e. The lowest BCUT2D eigenvalue weighted by atomic mass is 10.1. The van der Waals surface area contributed by atoms with Crippen LogP contribution in [-0.2, 0) is 0 Å². The summed E-state index contributed by atoms with van der Waals surface area (Å²) in [4.78, 5) is 17.6. The largest absolute Gasteiger partial charge is 0.478 e. The molecule has 2 rings (SSSR count). The highest BCUT2D eigenvalue weighted by molar-refractivity contribution is 7.80. The molecular formula is C10H7FN2O2S. The Kier molecular flexibility index (Phi) is 2.66. The van der Waals surface area contributed by atoms with Gasteiger partial charge >= 0.3 is 5.97 Å². The zero-order valence-electron chi connectivity index (χ0n) is 7.94. The van der Waals surface area contributed by atoms with Crippen molar-refractivity contribution >= 4 is 18.6 Å². The Labute approximate surface area is 95.6 Å². The molecule has 0 aliphatic heterocycles. The first-order chi connectivity index (χ1) is 7.58. The molecule has 1 aromatic carbocycles. The summed E-state index contributed by atoms with van der Waals surface area (Å²) in [5, 5.41) is 9.44. The lowest BCUT2D eigenvalue weighted by Crippen LogP contribution is -2.01. The summed E-state index contributed by atoms with van der Waals surface area (Å²) in [6, 6.07) is 3.51. The van der Waals surface area contributed by atoms with Gasteiger partial charge in [0.2, 0.25) is 0 Å². The van der Waals surface area contributed by atoms with Crippen LogP contribution in [0.25, 0.3) is 11.4 Å². The Morgan fingerprint density at radius 3 is 2.81 bits per heavy atom. The van der Waals surface area contributed by atoms with Crippen LogP contribution in [0.2, 0.25) is 0 Å². The quantitative estimate of drug-likeness (QED) is 0.703. The molecule has 2 N–H and O–H groups in total. The molecule has 0 fully saturated rings. The van der Waals surface area contributed by atoms with Crippen molar-refractivity contribution in [1.29, 1.82) is 0 Å². The van der Waals surface area contributed by atoms with Crippen LogP contribution in [0.5, 0.6) is 0 Å². The lowest BCUT2D eigenvalue weighted by Gasteiger charge is -2.02. The number of benzene rings is 1. The minimum Gasteiger partial charge on any atom is -0.478 e. The average molecular weight is 238 g/mol. The average Bonchev–Trinajstić information content (AvgIpc) is 2.64. The number of hydrogen-bond acceptors (Lipinski definition) is 3. The van der Waals surface area contributed by atoms with E-state index >= 15 is 0 Å². The van der Waals surface area contributed by atoms with E-state index in [1.165, 1.54) is 18.3 Å². The van der Waals surface area contributed by atoms with Gasteiger partial charge in [-0.1, -0.05) is 0 Å². The molecule has 0 saturated carbocycles. The number of rotatable bonds is 2. The van der Waals surface area contributed by atoms with E-state index in [0.29, 0.717) is 16.4 Å². The number of aromatic carboxylic acids is 1. The van der Waals surface area contributed by atoms with E-state index in [-0.39, 0.29) is 5.56 Å². The van der Waals surface area contributed by atoms with Crippen LogP contribution in [0.3, 0.4) is 0 Å². The highest BCUT2D eigenvalue weighted by Crippen LogP contribution is 2.22. The van der Waals surface area contributed by atoms with Gasteiger partial charge in [-0.15, -0.1) is 12.6 Å².